The van der Waals surface area contributed by atoms with E-state index in [0.717, 1.165) is 6.42 Å². The van der Waals surface area contributed by atoms with Crippen LogP contribution in [0.2, 0.25) is 0 Å². The molecule has 0 saturated heterocycles. The zero-order chi connectivity index (χ0) is 14.3. The van der Waals surface area contributed by atoms with E-state index >= 15 is 0 Å². The molecule has 0 bridgehead atoms. The molecule has 1 rings (SSSR count). The third kappa shape index (κ3) is 4.92. The van der Waals surface area contributed by atoms with E-state index < -0.39 is 16.9 Å². The Morgan fingerprint density at radius 2 is 2.11 bits per heavy atom. The van der Waals surface area contributed by atoms with Gasteiger partial charge in [0.05, 0.1) is 4.92 Å². The van der Waals surface area contributed by atoms with Crippen molar-refractivity contribution < 1.29 is 19.6 Å². The van der Waals surface area contributed by atoms with Crippen LogP contribution in [0.5, 0.6) is 5.75 Å². The highest BCUT2D eigenvalue weighted by molar-refractivity contribution is 5.73. The molecular formula is C12H16N2O5. The van der Waals surface area contributed by atoms with Gasteiger partial charge in [0.15, 0.2) is 0 Å². The number of benzene rings is 1. The van der Waals surface area contributed by atoms with Crippen molar-refractivity contribution in [2.75, 3.05) is 13.2 Å². The first kappa shape index (κ1) is 14.9. The molecule has 7 nitrogen and oxygen atoms in total. The number of carboxylic acid groups (broad SMARTS) is 1. The number of ether oxygens (including phenoxy) is 1. The second kappa shape index (κ2) is 7.32. The first-order valence-corrected chi connectivity index (χ1v) is 5.88. The summed E-state index contributed by atoms with van der Waals surface area (Å²) in [5, 5.41) is 22.3. The Labute approximate surface area is 110 Å². The molecule has 0 amide bonds. The van der Waals surface area contributed by atoms with Crippen molar-refractivity contribution in [3.63, 3.8) is 0 Å². The summed E-state index contributed by atoms with van der Waals surface area (Å²) >= 11 is 0. The van der Waals surface area contributed by atoms with Crippen LogP contribution in [0.1, 0.15) is 13.3 Å². The molecule has 0 saturated carbocycles. The minimum atomic E-state index is -0.990. The predicted molar refractivity (Wildman–Crippen MR) is 68.3 cm³/mol. The average Bonchev–Trinajstić information content (AvgIpc) is 2.39. The summed E-state index contributed by atoms with van der Waals surface area (Å²) < 4.78 is 5.30. The van der Waals surface area contributed by atoms with Gasteiger partial charge < -0.3 is 15.2 Å². The Kier molecular flexibility index (Phi) is 5.74. The van der Waals surface area contributed by atoms with Gasteiger partial charge in [-0.15, -0.1) is 0 Å². The van der Waals surface area contributed by atoms with E-state index in [2.05, 4.69) is 5.32 Å². The maximum Gasteiger partial charge on any atom is 0.324 e. The summed E-state index contributed by atoms with van der Waals surface area (Å²) in [6, 6.07) is 4.71. The van der Waals surface area contributed by atoms with Gasteiger partial charge in [-0.1, -0.05) is 6.92 Å². The van der Waals surface area contributed by atoms with Gasteiger partial charge in [0.1, 0.15) is 18.4 Å². The Balaban J connectivity index is 2.54. The summed E-state index contributed by atoms with van der Waals surface area (Å²) in [4.78, 5) is 20.9. The summed E-state index contributed by atoms with van der Waals surface area (Å²) in [5.74, 6) is -0.592. The van der Waals surface area contributed by atoms with Gasteiger partial charge in [0.2, 0.25) is 0 Å². The van der Waals surface area contributed by atoms with Crippen molar-refractivity contribution in [1.82, 2.24) is 5.32 Å². The Hall–Kier alpha value is -2.15. The molecule has 1 aromatic carbocycles. The van der Waals surface area contributed by atoms with E-state index in [4.69, 9.17) is 9.84 Å². The van der Waals surface area contributed by atoms with Gasteiger partial charge in [0, 0.05) is 12.1 Å². The number of nitro benzene ring substituents is 1. The van der Waals surface area contributed by atoms with E-state index in [1.165, 1.54) is 24.3 Å². The largest absolute Gasteiger partial charge is 0.491 e. The van der Waals surface area contributed by atoms with Crippen LogP contribution in [0.4, 0.5) is 5.69 Å². The van der Waals surface area contributed by atoms with Gasteiger partial charge in [-0.25, -0.2) is 0 Å². The van der Waals surface area contributed by atoms with Crippen LogP contribution < -0.4 is 10.1 Å². The molecule has 1 aromatic rings. The van der Waals surface area contributed by atoms with Crippen LogP contribution >= 0.6 is 0 Å². The Bertz CT molecular complexity index is 432. The quantitative estimate of drug-likeness (QED) is 0.546. The highest BCUT2D eigenvalue weighted by Crippen LogP contribution is 2.17. The number of hydrogen-bond acceptors (Lipinski definition) is 5. The molecule has 1 unspecified atom stereocenters. The zero-order valence-corrected chi connectivity index (χ0v) is 10.5. The topological polar surface area (TPSA) is 102 Å². The van der Waals surface area contributed by atoms with Crippen molar-refractivity contribution in [3.05, 3.63) is 34.4 Å². The normalized spacial score (nSPS) is 11.8. The summed E-state index contributed by atoms with van der Waals surface area (Å²) in [7, 11) is 0. The maximum atomic E-state index is 10.9. The van der Waals surface area contributed by atoms with E-state index in [1.54, 1.807) is 0 Å². The second-order valence-electron chi connectivity index (χ2n) is 3.91. The molecule has 0 aromatic heterocycles. The van der Waals surface area contributed by atoms with Crippen molar-refractivity contribution in [2.45, 2.75) is 19.4 Å². The lowest BCUT2D eigenvalue weighted by molar-refractivity contribution is -0.384. The van der Waals surface area contributed by atoms with Gasteiger partial charge >= 0.3 is 5.97 Å². The Morgan fingerprint density at radius 1 is 1.47 bits per heavy atom. The fraction of sp³-hybridized carbons (Fsp3) is 0.417. The van der Waals surface area contributed by atoms with E-state index in [0.29, 0.717) is 12.3 Å². The van der Waals surface area contributed by atoms with Gasteiger partial charge in [-0.05, 0) is 25.1 Å². The predicted octanol–water partition coefficient (Wildman–Crippen LogP) is 1.43. The molecule has 0 radical (unpaired) electrons. The number of nitrogens with one attached hydrogen (secondary N) is 1. The lowest BCUT2D eigenvalue weighted by Crippen LogP contribution is -2.41. The first-order chi connectivity index (χ1) is 9.04. The molecule has 104 valence electrons. The van der Waals surface area contributed by atoms with Crippen LogP contribution in [0.3, 0.4) is 0 Å². The standard InChI is InChI=1S/C12H16N2O5/c1-2-7-13-11(12(15)16)8-19-10-5-3-9(4-6-10)14(17)18/h3-6,11,13H,2,7-8H2,1H3,(H,15,16). The van der Waals surface area contributed by atoms with E-state index in [1.807, 2.05) is 6.92 Å². The summed E-state index contributed by atoms with van der Waals surface area (Å²) in [6.07, 6.45) is 0.821. The molecule has 7 heteroatoms. The number of non-ortho nitro benzene ring substituents is 1. The summed E-state index contributed by atoms with van der Waals surface area (Å²) in [5.41, 5.74) is -0.0359. The third-order valence-electron chi connectivity index (χ3n) is 2.40. The first-order valence-electron chi connectivity index (χ1n) is 5.88. The molecule has 0 aliphatic carbocycles. The lowest BCUT2D eigenvalue weighted by Gasteiger charge is -2.14. The van der Waals surface area contributed by atoms with Gasteiger partial charge in [0.25, 0.3) is 5.69 Å². The van der Waals surface area contributed by atoms with Crippen molar-refractivity contribution in [1.29, 1.82) is 0 Å². The summed E-state index contributed by atoms with van der Waals surface area (Å²) in [6.45, 7) is 2.48. The number of nitro groups is 1. The van der Waals surface area contributed by atoms with E-state index in [9.17, 15) is 14.9 Å². The number of hydrogen-bond donors (Lipinski definition) is 2. The number of rotatable bonds is 8. The minimum Gasteiger partial charge on any atom is -0.491 e. The van der Waals surface area contributed by atoms with Gasteiger partial charge in [-0.2, -0.15) is 0 Å². The Morgan fingerprint density at radius 3 is 2.58 bits per heavy atom. The fourth-order valence-electron chi connectivity index (χ4n) is 1.38. The molecule has 0 aliphatic rings. The molecule has 0 heterocycles. The van der Waals surface area contributed by atoms with Crippen LogP contribution in [-0.2, 0) is 4.79 Å². The SMILES string of the molecule is CCCNC(COc1ccc([N+](=O)[O-])cc1)C(=O)O. The van der Waals surface area contributed by atoms with Crippen LogP contribution in [0.25, 0.3) is 0 Å². The second-order valence-corrected chi connectivity index (χ2v) is 3.91. The van der Waals surface area contributed by atoms with Crippen molar-refractivity contribution in [2.24, 2.45) is 0 Å². The number of aliphatic carboxylic acids is 1. The fourth-order valence-corrected chi connectivity index (χ4v) is 1.38. The molecule has 0 aliphatic heterocycles. The smallest absolute Gasteiger partial charge is 0.324 e. The minimum absolute atomic E-state index is 0.0346. The molecule has 2 N–H and O–H groups in total. The van der Waals surface area contributed by atoms with Crippen LogP contribution in [0.15, 0.2) is 24.3 Å². The van der Waals surface area contributed by atoms with Gasteiger partial charge in [-0.3, -0.25) is 14.9 Å². The molecule has 0 spiro atoms. The highest BCUT2D eigenvalue weighted by atomic mass is 16.6. The molecule has 19 heavy (non-hydrogen) atoms. The van der Waals surface area contributed by atoms with Crippen LogP contribution in [0, 0.1) is 10.1 Å². The highest BCUT2D eigenvalue weighted by Gasteiger charge is 2.17. The maximum absolute atomic E-state index is 10.9. The average molecular weight is 268 g/mol. The number of nitrogens with zero attached hydrogens (tertiary/aromatic N) is 1. The lowest BCUT2D eigenvalue weighted by atomic mass is 10.3. The molecule has 1 atom stereocenters. The van der Waals surface area contributed by atoms with Crippen molar-refractivity contribution >= 4 is 11.7 Å². The molecular weight excluding hydrogens is 252 g/mol. The monoisotopic (exact) mass is 268 g/mol. The number of carboxylic acids is 1. The molecule has 0 fully saturated rings. The number of carbonyl (C=O) groups is 1. The van der Waals surface area contributed by atoms with Crippen molar-refractivity contribution in [3.8, 4) is 5.75 Å². The van der Waals surface area contributed by atoms with E-state index in [-0.39, 0.29) is 12.3 Å². The third-order valence-corrected chi connectivity index (χ3v) is 2.40. The zero-order valence-electron chi connectivity index (χ0n) is 10.5. The van der Waals surface area contributed by atoms with Crippen LogP contribution in [-0.4, -0.2) is 35.2 Å².